The molecule has 3 aromatic carbocycles. The van der Waals surface area contributed by atoms with Gasteiger partial charge in [-0.25, -0.2) is 4.57 Å². The number of benzene rings is 3. The predicted molar refractivity (Wildman–Crippen MR) is 108 cm³/mol. The highest BCUT2D eigenvalue weighted by molar-refractivity contribution is 5.85. The zero-order valence-electron chi connectivity index (χ0n) is 15.7. The third kappa shape index (κ3) is 1.98. The Labute approximate surface area is 159 Å². The van der Waals surface area contributed by atoms with E-state index < -0.39 is 0 Å². The Hall–Kier alpha value is -3.13. The van der Waals surface area contributed by atoms with Gasteiger partial charge in [-0.05, 0) is 70.8 Å². The summed E-state index contributed by atoms with van der Waals surface area (Å²) in [4.78, 5) is 0. The standard InChI is InChI=1S/C25H21N2/c1-16-9-10-21-20-8-4-6-18-13-17-5-3-7-19(14-17)27-12-11-26(2)25(27)24(16)23(21)15-22(18)20/h3-12,14H,13,15H2,1-2H3/q+1. The Bertz CT molecular complexity index is 1240. The third-order valence-electron chi connectivity index (χ3n) is 6.25. The van der Waals surface area contributed by atoms with Gasteiger partial charge in [0.2, 0.25) is 0 Å². The Kier molecular flexibility index (Phi) is 2.88. The maximum absolute atomic E-state index is 2.35. The molecule has 0 saturated heterocycles. The van der Waals surface area contributed by atoms with Gasteiger partial charge in [0.25, 0.3) is 5.82 Å². The van der Waals surface area contributed by atoms with Gasteiger partial charge in [0.1, 0.15) is 18.1 Å². The molecule has 1 aromatic heterocycles. The molecular formula is C25H21N2+. The van der Waals surface area contributed by atoms with E-state index in [0.717, 1.165) is 12.8 Å². The molecule has 0 N–H and O–H groups in total. The van der Waals surface area contributed by atoms with Gasteiger partial charge in [0.15, 0.2) is 0 Å². The van der Waals surface area contributed by atoms with Crippen molar-refractivity contribution in [2.75, 3.05) is 0 Å². The molecule has 6 rings (SSSR count). The number of aryl methyl sites for hydroxylation is 2. The van der Waals surface area contributed by atoms with Crippen molar-refractivity contribution >= 4 is 0 Å². The van der Waals surface area contributed by atoms with Crippen molar-refractivity contribution in [3.8, 4) is 28.2 Å². The topological polar surface area (TPSA) is 8.81 Å². The first-order valence-corrected chi connectivity index (χ1v) is 9.61. The number of hydrogen-bond acceptors (Lipinski definition) is 0. The molecule has 2 heterocycles. The average Bonchev–Trinajstić information content (AvgIpc) is 3.23. The summed E-state index contributed by atoms with van der Waals surface area (Å²) in [7, 11) is 2.15. The van der Waals surface area contributed by atoms with Crippen LogP contribution in [0.15, 0.2) is 67.0 Å². The molecular weight excluding hydrogens is 328 g/mol. The largest absolute Gasteiger partial charge is 0.294 e. The molecule has 2 heteroatoms. The summed E-state index contributed by atoms with van der Waals surface area (Å²) in [6.07, 6.45) is 6.37. The predicted octanol–water partition coefficient (Wildman–Crippen LogP) is 4.75. The van der Waals surface area contributed by atoms with E-state index >= 15 is 0 Å². The van der Waals surface area contributed by atoms with Crippen molar-refractivity contribution in [2.45, 2.75) is 19.8 Å². The SMILES string of the molecule is Cc1ccc2c3c1-c1n(cc[n+]1C)-c1cccc(c1)Cc1cccc-2c1C3. The smallest absolute Gasteiger partial charge is 0.232 e. The number of fused-ring (bicyclic) bond motifs is 6. The first-order chi connectivity index (χ1) is 13.2. The van der Waals surface area contributed by atoms with E-state index in [0.29, 0.717) is 0 Å². The van der Waals surface area contributed by atoms with E-state index in [-0.39, 0.29) is 0 Å². The minimum atomic E-state index is 0.988. The maximum atomic E-state index is 2.35. The molecule has 0 amide bonds. The van der Waals surface area contributed by atoms with Crippen LogP contribution in [-0.2, 0) is 19.9 Å². The molecule has 4 bridgehead atoms. The summed E-state index contributed by atoms with van der Waals surface area (Å²) >= 11 is 0. The van der Waals surface area contributed by atoms with Crippen molar-refractivity contribution in [3.05, 3.63) is 94.8 Å². The molecule has 0 spiro atoms. The second-order valence-corrected chi connectivity index (χ2v) is 7.85. The second kappa shape index (κ2) is 5.20. The van der Waals surface area contributed by atoms with Crippen LogP contribution < -0.4 is 4.57 Å². The molecule has 4 aromatic rings. The molecule has 130 valence electrons. The zero-order chi connectivity index (χ0) is 18.1. The summed E-state index contributed by atoms with van der Waals surface area (Å²) in [6.45, 7) is 2.24. The van der Waals surface area contributed by atoms with Crippen LogP contribution in [0.2, 0.25) is 0 Å². The molecule has 0 atom stereocenters. The van der Waals surface area contributed by atoms with Crippen LogP contribution in [0.5, 0.6) is 0 Å². The van der Waals surface area contributed by atoms with Crippen molar-refractivity contribution in [3.63, 3.8) is 0 Å². The van der Waals surface area contributed by atoms with Gasteiger partial charge in [-0.3, -0.25) is 0 Å². The van der Waals surface area contributed by atoms with Crippen LogP contribution in [0.25, 0.3) is 28.2 Å². The van der Waals surface area contributed by atoms with Crippen LogP contribution in [0.4, 0.5) is 0 Å². The molecule has 1 aliphatic heterocycles. The second-order valence-electron chi connectivity index (χ2n) is 7.85. The van der Waals surface area contributed by atoms with Crippen LogP contribution in [0.3, 0.4) is 0 Å². The Morgan fingerprint density at radius 2 is 1.74 bits per heavy atom. The number of hydrogen-bond donors (Lipinski definition) is 0. The maximum Gasteiger partial charge on any atom is 0.294 e. The quantitative estimate of drug-likeness (QED) is 0.350. The van der Waals surface area contributed by atoms with Gasteiger partial charge in [0.05, 0.1) is 12.6 Å². The highest BCUT2D eigenvalue weighted by atomic mass is 15.1. The van der Waals surface area contributed by atoms with Crippen molar-refractivity contribution in [1.29, 1.82) is 0 Å². The van der Waals surface area contributed by atoms with Gasteiger partial charge in [0, 0.05) is 0 Å². The van der Waals surface area contributed by atoms with E-state index in [1.54, 1.807) is 0 Å². The Morgan fingerprint density at radius 1 is 0.889 bits per heavy atom. The normalized spacial score (nSPS) is 13.3. The lowest BCUT2D eigenvalue weighted by Gasteiger charge is -2.12. The van der Waals surface area contributed by atoms with E-state index in [9.17, 15) is 0 Å². The van der Waals surface area contributed by atoms with Crippen molar-refractivity contribution < 1.29 is 4.57 Å². The van der Waals surface area contributed by atoms with Gasteiger partial charge < -0.3 is 0 Å². The molecule has 2 aliphatic rings. The van der Waals surface area contributed by atoms with Gasteiger partial charge in [-0.1, -0.05) is 42.5 Å². The molecule has 0 unspecified atom stereocenters. The lowest BCUT2D eigenvalue weighted by atomic mass is 9.95. The lowest BCUT2D eigenvalue weighted by molar-refractivity contribution is -0.659. The van der Waals surface area contributed by atoms with E-state index in [4.69, 9.17) is 0 Å². The van der Waals surface area contributed by atoms with Gasteiger partial charge in [-0.15, -0.1) is 0 Å². The van der Waals surface area contributed by atoms with Crippen molar-refractivity contribution in [2.24, 2.45) is 7.05 Å². The van der Waals surface area contributed by atoms with Crippen LogP contribution in [0.1, 0.15) is 27.8 Å². The summed E-state index contributed by atoms with van der Waals surface area (Å²) in [5, 5.41) is 0. The lowest BCUT2D eigenvalue weighted by Crippen LogP contribution is -2.29. The van der Waals surface area contributed by atoms with Gasteiger partial charge >= 0.3 is 0 Å². The first kappa shape index (κ1) is 15.0. The molecule has 0 fully saturated rings. The summed E-state index contributed by atoms with van der Waals surface area (Å²) in [6, 6.07) is 20.4. The van der Waals surface area contributed by atoms with Crippen molar-refractivity contribution in [1.82, 2.24) is 4.57 Å². The minimum absolute atomic E-state index is 0.988. The average molecular weight is 349 g/mol. The fraction of sp³-hybridized carbons (Fsp3) is 0.160. The molecule has 2 nitrogen and oxygen atoms in total. The zero-order valence-corrected chi connectivity index (χ0v) is 15.7. The fourth-order valence-electron chi connectivity index (χ4n) is 4.97. The number of aromatic nitrogens is 2. The van der Waals surface area contributed by atoms with E-state index in [1.807, 2.05) is 0 Å². The van der Waals surface area contributed by atoms with Crippen LogP contribution in [0, 0.1) is 6.92 Å². The third-order valence-corrected chi connectivity index (χ3v) is 6.25. The van der Waals surface area contributed by atoms with Crippen LogP contribution in [-0.4, -0.2) is 4.57 Å². The summed E-state index contributed by atoms with van der Waals surface area (Å²) in [5.41, 5.74) is 12.6. The molecule has 0 radical (unpaired) electrons. The molecule has 1 aliphatic carbocycles. The minimum Gasteiger partial charge on any atom is -0.232 e. The molecule has 0 saturated carbocycles. The highest BCUT2D eigenvalue weighted by Gasteiger charge is 2.31. The monoisotopic (exact) mass is 349 g/mol. The number of rotatable bonds is 0. The Balaban J connectivity index is 1.81. The van der Waals surface area contributed by atoms with Crippen LogP contribution >= 0.6 is 0 Å². The molecule has 27 heavy (non-hydrogen) atoms. The first-order valence-electron chi connectivity index (χ1n) is 9.61. The fourth-order valence-corrected chi connectivity index (χ4v) is 4.97. The number of imidazole rings is 1. The number of nitrogens with zero attached hydrogens (tertiary/aromatic N) is 2. The Morgan fingerprint density at radius 3 is 2.67 bits per heavy atom. The van der Waals surface area contributed by atoms with E-state index in [1.165, 1.54) is 56.0 Å². The summed E-state index contributed by atoms with van der Waals surface area (Å²) < 4.78 is 4.61. The summed E-state index contributed by atoms with van der Waals surface area (Å²) in [5.74, 6) is 1.26. The van der Waals surface area contributed by atoms with Gasteiger partial charge in [-0.2, -0.15) is 4.57 Å². The van der Waals surface area contributed by atoms with E-state index in [2.05, 4.69) is 90.1 Å². The highest BCUT2D eigenvalue weighted by Crippen LogP contribution is 2.44.